The van der Waals surface area contributed by atoms with Gasteiger partial charge in [-0.2, -0.15) is 22.3 Å². The molecule has 1 aromatic carbocycles. The number of nitrogens with one attached hydrogen (secondary N) is 2. The van der Waals surface area contributed by atoms with E-state index in [0.717, 1.165) is 24.0 Å². The van der Waals surface area contributed by atoms with Crippen molar-refractivity contribution in [2.45, 2.75) is 50.8 Å². The molecule has 0 bridgehead atoms. The number of hydrogen-bond acceptors (Lipinski definition) is 6. The minimum atomic E-state index is -4.21. The molecule has 0 unspecified atom stereocenters. The Balaban J connectivity index is 1.64. The van der Waals surface area contributed by atoms with Gasteiger partial charge < -0.3 is 10.1 Å². The van der Waals surface area contributed by atoms with Crippen LogP contribution in [0.25, 0.3) is 11.1 Å². The van der Waals surface area contributed by atoms with Crippen molar-refractivity contribution in [1.29, 1.82) is 0 Å². The second kappa shape index (κ2) is 9.37. The number of carbonyl (C=O) groups excluding carboxylic acids is 1. The summed E-state index contributed by atoms with van der Waals surface area (Å²) in [5, 5.41) is 6.37. The molecule has 0 fully saturated rings. The average molecular weight is 492 g/mol. The van der Waals surface area contributed by atoms with Crippen LogP contribution in [0, 0.1) is 0 Å². The van der Waals surface area contributed by atoms with Crippen molar-refractivity contribution in [3.8, 4) is 17.0 Å². The molecule has 1 aliphatic rings. The summed E-state index contributed by atoms with van der Waals surface area (Å²) >= 11 is 0. The van der Waals surface area contributed by atoms with Gasteiger partial charge in [0.15, 0.2) is 5.03 Å². The predicted octanol–water partition coefficient (Wildman–Crippen LogP) is 4.13. The van der Waals surface area contributed by atoms with Crippen LogP contribution in [-0.4, -0.2) is 35.8 Å². The van der Waals surface area contributed by atoms with Crippen LogP contribution in [0.3, 0.4) is 0 Å². The molecular weight excluding hydrogens is 468 g/mol. The van der Waals surface area contributed by atoms with Crippen LogP contribution in [0.1, 0.15) is 37.4 Å². The molecule has 0 saturated heterocycles. The minimum absolute atomic E-state index is 0.0495. The third-order valence-corrected chi connectivity index (χ3v) is 6.61. The number of urea groups is 1. The van der Waals surface area contributed by atoms with Crippen molar-refractivity contribution in [3.63, 3.8) is 0 Å². The van der Waals surface area contributed by atoms with E-state index in [0.29, 0.717) is 23.2 Å². The summed E-state index contributed by atoms with van der Waals surface area (Å²) in [7, 11) is -4.21. The largest absolute Gasteiger partial charge is 0.417 e. The maximum atomic E-state index is 12.8. The van der Waals surface area contributed by atoms with Gasteiger partial charge in [0.25, 0.3) is 10.0 Å². The predicted molar refractivity (Wildman–Crippen MR) is 120 cm³/mol. The Labute approximate surface area is 195 Å². The summed E-state index contributed by atoms with van der Waals surface area (Å²) in [4.78, 5) is 16.5. The molecule has 3 aromatic rings. The fourth-order valence-electron chi connectivity index (χ4n) is 3.85. The molecular formula is C22H23F2N5O4S. The zero-order valence-electron chi connectivity index (χ0n) is 18.5. The molecule has 180 valence electrons. The number of carbonyl (C=O) groups is 1. The number of rotatable bonds is 7. The molecule has 0 spiro atoms. The van der Waals surface area contributed by atoms with E-state index < -0.39 is 22.7 Å². The molecule has 2 N–H and O–H groups in total. The molecule has 9 nitrogen and oxygen atoms in total. The number of halogens is 2. The smallest absolute Gasteiger partial charge is 0.388 e. The molecule has 2 amide bonds. The van der Waals surface area contributed by atoms with Gasteiger partial charge >= 0.3 is 12.6 Å². The number of ether oxygens (including phenoxy) is 1. The van der Waals surface area contributed by atoms with E-state index in [1.54, 1.807) is 12.1 Å². The molecule has 1 aliphatic carbocycles. The number of alkyl halides is 2. The Kier molecular flexibility index (Phi) is 6.51. The standard InChI is InChI=1S/C22H23F2N5O4S/c1-13(2)29-11-9-19(27-29)34(31,32)28-22(30)26-20-16-5-3-4-14(16)6-7-17(20)15-8-10-25-18(12-15)33-21(23)24/h6-13,21H,3-5H2,1-2H3,(H2,26,28,30). The fraction of sp³-hybridized carbons (Fsp3) is 0.318. The van der Waals surface area contributed by atoms with E-state index in [-0.39, 0.29) is 16.9 Å². The summed E-state index contributed by atoms with van der Waals surface area (Å²) in [6, 6.07) is 6.88. The lowest BCUT2D eigenvalue weighted by Crippen LogP contribution is -2.35. The second-order valence-electron chi connectivity index (χ2n) is 8.03. The maximum Gasteiger partial charge on any atom is 0.388 e. The first-order chi connectivity index (χ1) is 16.1. The Hall–Kier alpha value is -3.54. The van der Waals surface area contributed by atoms with E-state index in [9.17, 15) is 22.0 Å². The van der Waals surface area contributed by atoms with Gasteiger partial charge in [-0.15, -0.1) is 0 Å². The average Bonchev–Trinajstić information content (AvgIpc) is 3.44. The molecule has 0 saturated carbocycles. The lowest BCUT2D eigenvalue weighted by atomic mass is 9.98. The summed E-state index contributed by atoms with van der Waals surface area (Å²) in [6.07, 6.45) is 5.19. The summed E-state index contributed by atoms with van der Waals surface area (Å²) in [6.45, 7) is 0.658. The first-order valence-electron chi connectivity index (χ1n) is 10.6. The van der Waals surface area contributed by atoms with Crippen LogP contribution in [0.2, 0.25) is 0 Å². The highest BCUT2D eigenvalue weighted by atomic mass is 32.2. The minimum Gasteiger partial charge on any atom is -0.417 e. The molecule has 2 heterocycles. The molecule has 4 rings (SSSR count). The summed E-state index contributed by atoms with van der Waals surface area (Å²) in [5.74, 6) is -0.272. The molecule has 12 heteroatoms. The zero-order chi connectivity index (χ0) is 24.5. The van der Waals surface area contributed by atoms with Gasteiger partial charge in [0, 0.05) is 30.1 Å². The number of amides is 2. The number of fused-ring (bicyclic) bond motifs is 1. The Morgan fingerprint density at radius 2 is 1.97 bits per heavy atom. The van der Waals surface area contributed by atoms with Crippen molar-refractivity contribution in [2.24, 2.45) is 0 Å². The van der Waals surface area contributed by atoms with Gasteiger partial charge in [-0.1, -0.05) is 12.1 Å². The second-order valence-corrected chi connectivity index (χ2v) is 9.66. The highest BCUT2D eigenvalue weighted by Gasteiger charge is 2.25. The van der Waals surface area contributed by atoms with E-state index in [1.807, 2.05) is 24.6 Å². The van der Waals surface area contributed by atoms with Crippen molar-refractivity contribution >= 4 is 21.7 Å². The number of aromatic nitrogens is 3. The number of anilines is 1. The van der Waals surface area contributed by atoms with Gasteiger partial charge in [-0.05, 0) is 61.9 Å². The lowest BCUT2D eigenvalue weighted by Gasteiger charge is -2.17. The highest BCUT2D eigenvalue weighted by molar-refractivity contribution is 7.90. The zero-order valence-corrected chi connectivity index (χ0v) is 19.3. The first-order valence-corrected chi connectivity index (χ1v) is 12.1. The van der Waals surface area contributed by atoms with E-state index in [2.05, 4.69) is 20.1 Å². The third kappa shape index (κ3) is 5.01. The number of pyridine rings is 1. The first kappa shape index (κ1) is 23.6. The van der Waals surface area contributed by atoms with Gasteiger partial charge in [0.2, 0.25) is 5.88 Å². The quantitative estimate of drug-likeness (QED) is 0.514. The van der Waals surface area contributed by atoms with Crippen LogP contribution in [0.15, 0.2) is 47.8 Å². The van der Waals surface area contributed by atoms with Crippen LogP contribution in [0.5, 0.6) is 5.88 Å². The normalized spacial score (nSPS) is 13.2. The molecule has 34 heavy (non-hydrogen) atoms. The maximum absolute atomic E-state index is 12.8. The Bertz CT molecular complexity index is 1320. The van der Waals surface area contributed by atoms with Gasteiger partial charge in [0.1, 0.15) is 0 Å². The summed E-state index contributed by atoms with van der Waals surface area (Å²) < 4.78 is 58.4. The van der Waals surface area contributed by atoms with Gasteiger partial charge in [-0.25, -0.2) is 14.5 Å². The van der Waals surface area contributed by atoms with Gasteiger partial charge in [-0.3, -0.25) is 4.68 Å². The topological polar surface area (TPSA) is 115 Å². The van der Waals surface area contributed by atoms with Gasteiger partial charge in [0.05, 0.1) is 5.69 Å². The lowest BCUT2D eigenvalue weighted by molar-refractivity contribution is -0.0528. The molecule has 0 aliphatic heterocycles. The van der Waals surface area contributed by atoms with E-state index in [4.69, 9.17) is 0 Å². The number of sulfonamides is 1. The highest BCUT2D eigenvalue weighted by Crippen LogP contribution is 2.38. The monoisotopic (exact) mass is 491 g/mol. The Morgan fingerprint density at radius 1 is 1.18 bits per heavy atom. The van der Waals surface area contributed by atoms with Crippen molar-refractivity contribution < 1.29 is 26.7 Å². The van der Waals surface area contributed by atoms with E-state index in [1.165, 1.54) is 29.2 Å². The number of nitrogens with zero attached hydrogens (tertiary/aromatic N) is 3. The SMILES string of the molecule is CC(C)n1ccc(S(=O)(=O)NC(=O)Nc2c(-c3ccnc(OC(F)F)c3)ccc3c2CCC3)n1. The van der Waals surface area contributed by atoms with Crippen LogP contribution >= 0.6 is 0 Å². The molecule has 0 radical (unpaired) electrons. The van der Waals surface area contributed by atoms with Crippen molar-refractivity contribution in [3.05, 3.63) is 53.9 Å². The number of benzene rings is 1. The number of aryl methyl sites for hydroxylation is 1. The molecule has 2 aromatic heterocycles. The van der Waals surface area contributed by atoms with Crippen molar-refractivity contribution in [2.75, 3.05) is 5.32 Å². The van der Waals surface area contributed by atoms with E-state index >= 15 is 0 Å². The fourth-order valence-corrected chi connectivity index (χ4v) is 4.69. The van der Waals surface area contributed by atoms with Crippen LogP contribution < -0.4 is 14.8 Å². The van der Waals surface area contributed by atoms with Crippen LogP contribution in [0.4, 0.5) is 19.3 Å². The molecule has 0 atom stereocenters. The summed E-state index contributed by atoms with van der Waals surface area (Å²) in [5.41, 5.74) is 3.30. The Morgan fingerprint density at radius 3 is 2.68 bits per heavy atom. The number of hydrogen-bond donors (Lipinski definition) is 2. The van der Waals surface area contributed by atoms with Crippen molar-refractivity contribution in [1.82, 2.24) is 19.5 Å². The third-order valence-electron chi connectivity index (χ3n) is 5.39. The van der Waals surface area contributed by atoms with Crippen LogP contribution in [-0.2, 0) is 22.9 Å².